The van der Waals surface area contributed by atoms with E-state index < -0.39 is 0 Å². The zero-order chi connectivity index (χ0) is 8.97. The van der Waals surface area contributed by atoms with E-state index in [9.17, 15) is 4.79 Å². The van der Waals surface area contributed by atoms with E-state index in [1.165, 1.54) is 5.56 Å². The molecule has 0 amide bonds. The molecule has 0 aliphatic heterocycles. The van der Waals surface area contributed by atoms with Crippen molar-refractivity contribution >= 4 is 5.78 Å². The van der Waals surface area contributed by atoms with Gasteiger partial charge in [-0.05, 0) is 25.3 Å². The van der Waals surface area contributed by atoms with E-state index in [1.54, 1.807) is 11.6 Å². The lowest BCUT2D eigenvalue weighted by Crippen LogP contribution is -1.91. The fourth-order valence-electron chi connectivity index (χ4n) is 1.14. The Morgan fingerprint density at radius 2 is 2.42 bits per heavy atom. The van der Waals surface area contributed by atoms with E-state index >= 15 is 0 Å². The first kappa shape index (κ1) is 8.97. The lowest BCUT2D eigenvalue weighted by Gasteiger charge is -1.93. The van der Waals surface area contributed by atoms with Crippen LogP contribution >= 0.6 is 0 Å². The van der Waals surface area contributed by atoms with Crippen LogP contribution in [-0.4, -0.2) is 15.6 Å². The molecule has 1 aromatic heterocycles. The normalized spacial score (nSPS) is 10.2. The van der Waals surface area contributed by atoms with Gasteiger partial charge in [0.05, 0.1) is 6.20 Å². The monoisotopic (exact) mass is 166 g/mol. The van der Waals surface area contributed by atoms with E-state index in [1.807, 2.05) is 19.4 Å². The summed E-state index contributed by atoms with van der Waals surface area (Å²) in [5.74, 6) is 0.263. The Hall–Kier alpha value is -1.12. The molecule has 3 heteroatoms. The third-order valence-corrected chi connectivity index (χ3v) is 1.75. The number of carbonyl (C=O) groups excluding carboxylic acids is 1. The van der Waals surface area contributed by atoms with Crippen molar-refractivity contribution in [3.05, 3.63) is 18.0 Å². The number of rotatable bonds is 4. The maximum atomic E-state index is 10.6. The van der Waals surface area contributed by atoms with Crippen molar-refractivity contribution in [3.8, 4) is 0 Å². The quantitative estimate of drug-likeness (QED) is 0.676. The van der Waals surface area contributed by atoms with Crippen LogP contribution in [0.25, 0.3) is 0 Å². The highest BCUT2D eigenvalue weighted by Crippen LogP contribution is 2.03. The van der Waals surface area contributed by atoms with E-state index in [2.05, 4.69) is 5.10 Å². The molecule has 0 saturated heterocycles. The van der Waals surface area contributed by atoms with Gasteiger partial charge in [0.1, 0.15) is 5.78 Å². The van der Waals surface area contributed by atoms with Gasteiger partial charge in [0.25, 0.3) is 0 Å². The second-order valence-electron chi connectivity index (χ2n) is 3.08. The number of aryl methyl sites for hydroxylation is 2. The van der Waals surface area contributed by atoms with E-state index in [0.29, 0.717) is 6.42 Å². The van der Waals surface area contributed by atoms with Crippen molar-refractivity contribution in [1.82, 2.24) is 9.78 Å². The summed E-state index contributed by atoms with van der Waals surface area (Å²) in [6.45, 7) is 1.63. The van der Waals surface area contributed by atoms with Crippen LogP contribution in [0.1, 0.15) is 25.3 Å². The Labute approximate surface area is 72.4 Å². The molecular formula is C9H14N2O. The van der Waals surface area contributed by atoms with Gasteiger partial charge < -0.3 is 4.79 Å². The van der Waals surface area contributed by atoms with Gasteiger partial charge in [-0.15, -0.1) is 0 Å². The molecule has 0 saturated carbocycles. The first-order valence-electron chi connectivity index (χ1n) is 4.15. The molecule has 1 aromatic rings. The Morgan fingerprint density at radius 1 is 1.67 bits per heavy atom. The number of ketones is 1. The highest BCUT2D eigenvalue weighted by Gasteiger charge is 1.97. The van der Waals surface area contributed by atoms with Crippen LogP contribution in [0.3, 0.4) is 0 Å². The summed E-state index contributed by atoms with van der Waals surface area (Å²) in [6.07, 6.45) is 6.39. The molecule has 1 rings (SSSR count). The van der Waals surface area contributed by atoms with Crippen molar-refractivity contribution in [3.63, 3.8) is 0 Å². The Bertz CT molecular complexity index is 265. The van der Waals surface area contributed by atoms with Crippen LogP contribution in [0, 0.1) is 0 Å². The Balaban J connectivity index is 2.29. The van der Waals surface area contributed by atoms with Gasteiger partial charge in [0.15, 0.2) is 0 Å². The SMILES string of the molecule is CC(=O)CCCc1cnn(C)c1. The van der Waals surface area contributed by atoms with Crippen LogP contribution in [0.15, 0.2) is 12.4 Å². The van der Waals surface area contributed by atoms with Crippen molar-refractivity contribution in [2.24, 2.45) is 7.05 Å². The summed E-state index contributed by atoms with van der Waals surface area (Å²) < 4.78 is 1.78. The highest BCUT2D eigenvalue weighted by molar-refractivity contribution is 5.75. The summed E-state index contributed by atoms with van der Waals surface area (Å²) in [6, 6.07) is 0. The molecule has 0 N–H and O–H groups in total. The number of hydrogen-bond acceptors (Lipinski definition) is 2. The lowest BCUT2D eigenvalue weighted by molar-refractivity contribution is -0.117. The van der Waals surface area contributed by atoms with E-state index in [0.717, 1.165) is 12.8 Å². The first-order chi connectivity index (χ1) is 5.68. The Morgan fingerprint density at radius 3 is 2.92 bits per heavy atom. The largest absolute Gasteiger partial charge is 0.300 e. The number of nitrogens with zero attached hydrogens (tertiary/aromatic N) is 2. The van der Waals surface area contributed by atoms with Crippen molar-refractivity contribution in [1.29, 1.82) is 0 Å². The fourth-order valence-corrected chi connectivity index (χ4v) is 1.14. The molecule has 3 nitrogen and oxygen atoms in total. The Kier molecular flexibility index (Phi) is 3.02. The second kappa shape index (κ2) is 4.04. The molecule has 0 atom stereocenters. The second-order valence-corrected chi connectivity index (χ2v) is 3.08. The molecule has 0 unspecified atom stereocenters. The van der Waals surface area contributed by atoms with E-state index in [-0.39, 0.29) is 5.78 Å². The van der Waals surface area contributed by atoms with Crippen LogP contribution < -0.4 is 0 Å². The molecule has 0 aromatic carbocycles. The summed E-state index contributed by atoms with van der Waals surface area (Å²) in [4.78, 5) is 10.6. The summed E-state index contributed by atoms with van der Waals surface area (Å²) in [5, 5.41) is 4.05. The van der Waals surface area contributed by atoms with Gasteiger partial charge in [-0.3, -0.25) is 4.68 Å². The molecule has 0 fully saturated rings. The minimum atomic E-state index is 0.263. The molecular weight excluding hydrogens is 152 g/mol. The number of aromatic nitrogens is 2. The zero-order valence-electron chi connectivity index (χ0n) is 7.58. The average molecular weight is 166 g/mol. The van der Waals surface area contributed by atoms with Crippen molar-refractivity contribution in [2.75, 3.05) is 0 Å². The van der Waals surface area contributed by atoms with E-state index in [4.69, 9.17) is 0 Å². The number of Topliss-reactive ketones (excluding diaryl/α,β-unsaturated/α-hetero) is 1. The van der Waals surface area contributed by atoms with Gasteiger partial charge in [-0.2, -0.15) is 5.10 Å². The molecule has 0 bridgehead atoms. The summed E-state index contributed by atoms with van der Waals surface area (Å²) in [5.41, 5.74) is 1.21. The smallest absolute Gasteiger partial charge is 0.129 e. The van der Waals surface area contributed by atoms with Crippen molar-refractivity contribution in [2.45, 2.75) is 26.2 Å². The highest BCUT2D eigenvalue weighted by atomic mass is 16.1. The van der Waals surface area contributed by atoms with Crippen LogP contribution in [-0.2, 0) is 18.3 Å². The van der Waals surface area contributed by atoms with Gasteiger partial charge >= 0.3 is 0 Å². The number of hydrogen-bond donors (Lipinski definition) is 0. The summed E-state index contributed by atoms with van der Waals surface area (Å²) >= 11 is 0. The molecule has 0 aliphatic carbocycles. The predicted molar refractivity (Wildman–Crippen MR) is 46.8 cm³/mol. The fraction of sp³-hybridized carbons (Fsp3) is 0.556. The van der Waals surface area contributed by atoms with Gasteiger partial charge in [0, 0.05) is 19.7 Å². The third kappa shape index (κ3) is 2.86. The summed E-state index contributed by atoms with van der Waals surface area (Å²) in [7, 11) is 1.90. The minimum Gasteiger partial charge on any atom is -0.300 e. The van der Waals surface area contributed by atoms with Gasteiger partial charge in [-0.25, -0.2) is 0 Å². The van der Waals surface area contributed by atoms with Crippen LogP contribution in [0.2, 0.25) is 0 Å². The third-order valence-electron chi connectivity index (χ3n) is 1.75. The average Bonchev–Trinajstić information content (AvgIpc) is 2.35. The van der Waals surface area contributed by atoms with Crippen LogP contribution in [0.5, 0.6) is 0 Å². The molecule has 0 aliphatic rings. The number of carbonyl (C=O) groups is 1. The minimum absolute atomic E-state index is 0.263. The molecule has 66 valence electrons. The van der Waals surface area contributed by atoms with Crippen LogP contribution in [0.4, 0.5) is 0 Å². The van der Waals surface area contributed by atoms with Gasteiger partial charge in [0.2, 0.25) is 0 Å². The maximum Gasteiger partial charge on any atom is 0.129 e. The predicted octanol–water partition coefficient (Wildman–Crippen LogP) is 1.33. The topological polar surface area (TPSA) is 34.9 Å². The van der Waals surface area contributed by atoms with Crippen molar-refractivity contribution < 1.29 is 4.79 Å². The first-order valence-corrected chi connectivity index (χ1v) is 4.15. The lowest BCUT2D eigenvalue weighted by atomic mass is 10.1. The zero-order valence-corrected chi connectivity index (χ0v) is 7.58. The molecule has 1 heterocycles. The molecule has 12 heavy (non-hydrogen) atoms. The van der Waals surface area contributed by atoms with Gasteiger partial charge in [-0.1, -0.05) is 0 Å². The molecule has 0 radical (unpaired) electrons. The maximum absolute atomic E-state index is 10.6. The molecule has 0 spiro atoms. The standard InChI is InChI=1S/C9H14N2O/c1-8(12)4-3-5-9-6-10-11(2)7-9/h6-7H,3-5H2,1-2H3.